The lowest BCUT2D eigenvalue weighted by atomic mass is 10.2. The number of aliphatic hydroxyl groups excluding tert-OH is 1. The van der Waals surface area contributed by atoms with E-state index in [9.17, 15) is 13.5 Å². The molecule has 1 atom stereocenters. The summed E-state index contributed by atoms with van der Waals surface area (Å²) in [6, 6.07) is 21.7. The Labute approximate surface area is 284 Å². The predicted octanol–water partition coefficient (Wildman–Crippen LogP) is 4.36. The lowest BCUT2D eigenvalue weighted by Crippen LogP contribution is -2.47. The van der Waals surface area contributed by atoms with Crippen molar-refractivity contribution in [2.45, 2.75) is 47.1 Å². The van der Waals surface area contributed by atoms with E-state index in [1.54, 1.807) is 31.9 Å². The molecule has 0 spiro atoms. The lowest BCUT2D eigenvalue weighted by molar-refractivity contribution is 0.104. The van der Waals surface area contributed by atoms with Gasteiger partial charge in [-0.25, -0.2) is 12.7 Å². The quantitative estimate of drug-likeness (QED) is 0.227. The first-order valence-corrected chi connectivity index (χ1v) is 18.7. The number of piperazine rings is 1. The van der Waals surface area contributed by atoms with Crippen molar-refractivity contribution in [3.8, 4) is 11.5 Å². The molecule has 256 valence electrons. The maximum Gasteiger partial charge on any atom is 0.242 e. The number of aliphatic hydroxyl groups is 1. The first-order valence-electron chi connectivity index (χ1n) is 16.4. The Morgan fingerprint density at radius 2 is 1.49 bits per heavy atom. The van der Waals surface area contributed by atoms with Crippen LogP contribution in [0.5, 0.6) is 11.5 Å². The molecule has 3 aromatic carbocycles. The summed E-state index contributed by atoms with van der Waals surface area (Å²) in [6.07, 6.45) is 0.419. The maximum absolute atomic E-state index is 12.9. The zero-order valence-electron chi connectivity index (χ0n) is 28.0. The first kappa shape index (κ1) is 35.5. The van der Waals surface area contributed by atoms with E-state index in [2.05, 4.69) is 38.2 Å². The Hall–Kier alpha value is -2.84. The van der Waals surface area contributed by atoms with Crippen molar-refractivity contribution >= 4 is 33.2 Å². The van der Waals surface area contributed by atoms with Crippen molar-refractivity contribution in [3.63, 3.8) is 0 Å². The van der Waals surface area contributed by atoms with E-state index in [4.69, 9.17) is 9.47 Å². The van der Waals surface area contributed by atoms with Gasteiger partial charge in [0, 0.05) is 75.7 Å². The van der Waals surface area contributed by atoms with Crippen LogP contribution in [0, 0.1) is 0 Å². The highest BCUT2D eigenvalue weighted by molar-refractivity contribution is 7.99. The van der Waals surface area contributed by atoms with E-state index in [1.807, 2.05) is 56.3 Å². The van der Waals surface area contributed by atoms with Crippen LogP contribution in [0.1, 0.15) is 20.3 Å². The van der Waals surface area contributed by atoms with Crippen LogP contribution in [-0.2, 0) is 10.0 Å². The molecule has 2 heterocycles. The molecule has 0 aromatic heterocycles. The van der Waals surface area contributed by atoms with E-state index in [-0.39, 0.29) is 6.61 Å². The van der Waals surface area contributed by atoms with Crippen LogP contribution in [0.25, 0.3) is 0 Å². The molecule has 1 fully saturated rings. The minimum Gasteiger partial charge on any atom is -0.492 e. The summed E-state index contributed by atoms with van der Waals surface area (Å²) in [7, 11) is -0.385. The van der Waals surface area contributed by atoms with Crippen molar-refractivity contribution < 1.29 is 23.0 Å². The second kappa shape index (κ2) is 16.5. The van der Waals surface area contributed by atoms with Gasteiger partial charge < -0.3 is 29.7 Å². The molecule has 0 radical (unpaired) electrons. The largest absolute Gasteiger partial charge is 0.492 e. The summed E-state index contributed by atoms with van der Waals surface area (Å²) in [6.45, 7) is 12.2. The molecule has 12 heteroatoms. The van der Waals surface area contributed by atoms with Gasteiger partial charge in [-0.3, -0.25) is 4.90 Å². The zero-order valence-corrected chi connectivity index (χ0v) is 29.6. The summed E-state index contributed by atoms with van der Waals surface area (Å²) >= 11 is 1.69. The Kier molecular flexibility index (Phi) is 12.5. The van der Waals surface area contributed by atoms with Gasteiger partial charge in [-0.05, 0) is 67.6 Å². The number of hydrogen-bond acceptors (Lipinski definition) is 10. The number of sulfonamides is 1. The summed E-state index contributed by atoms with van der Waals surface area (Å²) in [5.74, 6) is 1.52. The number of nitrogens with one attached hydrogen (secondary N) is 1. The van der Waals surface area contributed by atoms with Crippen LogP contribution < -0.4 is 19.7 Å². The number of ether oxygens (including phenoxy) is 2. The SMILES string of the molecule is CC(C)NC[C@H](O)COc1ccc(OCCN2CCN(CCCN3c4ccccc4Sc4ccc(S(=O)(=O)N(C)C)cc43)CC2)cc1. The molecule has 3 aromatic rings. The fourth-order valence-electron chi connectivity index (χ4n) is 5.66. The maximum atomic E-state index is 12.9. The van der Waals surface area contributed by atoms with Crippen molar-refractivity contribution in [2.75, 3.05) is 84.6 Å². The third kappa shape index (κ3) is 9.62. The number of rotatable bonds is 16. The van der Waals surface area contributed by atoms with E-state index < -0.39 is 16.1 Å². The molecule has 2 N–H and O–H groups in total. The average Bonchev–Trinajstić information content (AvgIpc) is 3.07. The van der Waals surface area contributed by atoms with Gasteiger partial charge in [-0.1, -0.05) is 37.7 Å². The molecule has 0 amide bonds. The van der Waals surface area contributed by atoms with E-state index >= 15 is 0 Å². The third-order valence-corrected chi connectivity index (χ3v) is 11.3. The van der Waals surface area contributed by atoms with Gasteiger partial charge in [0.2, 0.25) is 10.0 Å². The number of nitrogens with zero attached hydrogens (tertiary/aromatic N) is 4. The van der Waals surface area contributed by atoms with Gasteiger partial charge in [-0.15, -0.1) is 0 Å². The van der Waals surface area contributed by atoms with Gasteiger partial charge in [0.25, 0.3) is 0 Å². The number of para-hydroxylation sites is 1. The molecule has 2 aliphatic rings. The van der Waals surface area contributed by atoms with Crippen LogP contribution in [0.2, 0.25) is 0 Å². The predicted molar refractivity (Wildman–Crippen MR) is 189 cm³/mol. The molecule has 0 saturated carbocycles. The number of hydrogen-bond donors (Lipinski definition) is 2. The Bertz CT molecular complexity index is 1550. The topological polar surface area (TPSA) is 97.8 Å². The van der Waals surface area contributed by atoms with E-state index in [0.29, 0.717) is 29.8 Å². The normalized spacial score (nSPS) is 16.3. The zero-order chi connectivity index (χ0) is 33.4. The van der Waals surface area contributed by atoms with Gasteiger partial charge in [0.1, 0.15) is 30.8 Å². The Balaban J connectivity index is 1.05. The van der Waals surface area contributed by atoms with Crippen LogP contribution in [0.3, 0.4) is 0 Å². The van der Waals surface area contributed by atoms with Crippen molar-refractivity contribution in [1.82, 2.24) is 19.4 Å². The second-order valence-corrected chi connectivity index (χ2v) is 15.8. The number of benzene rings is 3. The van der Waals surface area contributed by atoms with Crippen molar-refractivity contribution in [2.24, 2.45) is 0 Å². The molecular weight excluding hydrogens is 635 g/mol. The first-order chi connectivity index (χ1) is 22.6. The third-order valence-electron chi connectivity index (χ3n) is 8.40. The number of anilines is 2. The fraction of sp³-hybridized carbons (Fsp3) is 0.486. The van der Waals surface area contributed by atoms with Gasteiger partial charge >= 0.3 is 0 Å². The molecular formula is C35H49N5O5S2. The van der Waals surface area contributed by atoms with Gasteiger partial charge in [-0.2, -0.15) is 0 Å². The molecule has 2 aliphatic heterocycles. The highest BCUT2D eigenvalue weighted by Gasteiger charge is 2.27. The summed E-state index contributed by atoms with van der Waals surface area (Å²) < 4.78 is 38.8. The number of fused-ring (bicyclic) bond motifs is 2. The molecule has 0 aliphatic carbocycles. The van der Waals surface area contributed by atoms with Crippen LogP contribution in [-0.4, -0.2) is 119 Å². The van der Waals surface area contributed by atoms with Crippen molar-refractivity contribution in [1.29, 1.82) is 0 Å². The molecule has 47 heavy (non-hydrogen) atoms. The summed E-state index contributed by atoms with van der Waals surface area (Å²) in [4.78, 5) is 9.84. The highest BCUT2D eigenvalue weighted by atomic mass is 32.2. The lowest BCUT2D eigenvalue weighted by Gasteiger charge is -2.36. The standard InChI is InChI=1S/C35H49N5O5S2/c1-27(2)36-25-28(41)26-45-30-12-10-29(11-13-30)44-23-22-39-20-18-38(19-21-39)16-7-17-40-32-8-5-6-9-34(32)46-35-15-14-31(24-33(35)40)47(42,43)37(3)4/h5-6,8-15,24,27-28,36,41H,7,16-23,25-26H2,1-4H3/t28-/m0/s1. The fourth-order valence-corrected chi connectivity index (χ4v) is 7.66. The molecule has 0 bridgehead atoms. The summed E-state index contributed by atoms with van der Waals surface area (Å²) in [5.41, 5.74) is 2.09. The Morgan fingerprint density at radius 3 is 2.17 bits per heavy atom. The molecule has 0 unspecified atom stereocenters. The van der Waals surface area contributed by atoms with Crippen LogP contribution >= 0.6 is 11.8 Å². The van der Waals surface area contributed by atoms with E-state index in [1.165, 1.54) is 9.20 Å². The van der Waals surface area contributed by atoms with E-state index in [0.717, 1.165) is 74.3 Å². The smallest absolute Gasteiger partial charge is 0.242 e. The van der Waals surface area contributed by atoms with Crippen molar-refractivity contribution in [3.05, 3.63) is 66.7 Å². The second-order valence-electron chi connectivity index (χ2n) is 12.5. The van der Waals surface area contributed by atoms with Crippen LogP contribution in [0.4, 0.5) is 11.4 Å². The van der Waals surface area contributed by atoms with Gasteiger partial charge in [0.05, 0.1) is 16.3 Å². The van der Waals surface area contributed by atoms with Gasteiger partial charge in [0.15, 0.2) is 0 Å². The average molecular weight is 684 g/mol. The van der Waals surface area contributed by atoms with Crippen LogP contribution in [0.15, 0.2) is 81.4 Å². The monoisotopic (exact) mass is 683 g/mol. The minimum absolute atomic E-state index is 0.246. The molecule has 1 saturated heterocycles. The molecule has 5 rings (SSSR count). The minimum atomic E-state index is -3.53. The molecule has 10 nitrogen and oxygen atoms in total. The summed E-state index contributed by atoms with van der Waals surface area (Å²) in [5, 5.41) is 13.2. The Morgan fingerprint density at radius 1 is 0.851 bits per heavy atom. The highest BCUT2D eigenvalue weighted by Crippen LogP contribution is 2.48.